The Balaban J connectivity index is 1.74. The van der Waals surface area contributed by atoms with Crippen LogP contribution >= 0.6 is 0 Å². The van der Waals surface area contributed by atoms with Crippen molar-refractivity contribution < 1.29 is 19.0 Å². The first-order valence-corrected chi connectivity index (χ1v) is 10.9. The summed E-state index contributed by atoms with van der Waals surface area (Å²) >= 11 is 0. The molecule has 1 aromatic heterocycles. The zero-order valence-electron chi connectivity index (χ0n) is 19.0. The first-order chi connectivity index (χ1) is 16.3. The maximum absolute atomic E-state index is 15.3. The van der Waals surface area contributed by atoms with Crippen LogP contribution in [-0.2, 0) is 24.9 Å². The van der Waals surface area contributed by atoms with Gasteiger partial charge in [0, 0.05) is 41.5 Å². The van der Waals surface area contributed by atoms with Crippen LogP contribution in [0.1, 0.15) is 29.7 Å². The van der Waals surface area contributed by atoms with Gasteiger partial charge in [-0.05, 0) is 47.9 Å². The van der Waals surface area contributed by atoms with E-state index in [2.05, 4.69) is 5.10 Å². The first-order valence-electron chi connectivity index (χ1n) is 10.9. The van der Waals surface area contributed by atoms with E-state index in [0.29, 0.717) is 28.0 Å². The maximum Gasteiger partial charge on any atom is 0.307 e. The fraction of sp³-hybridized carbons (Fsp3) is 0.185. The van der Waals surface area contributed by atoms with Gasteiger partial charge in [0.25, 0.3) is 0 Å². The zero-order valence-corrected chi connectivity index (χ0v) is 19.0. The smallest absolute Gasteiger partial charge is 0.307 e. The van der Waals surface area contributed by atoms with Crippen molar-refractivity contribution in [1.82, 2.24) is 9.78 Å². The standard InChI is InChI=1S/C27H26FN3O3/c1-17(29)23-7-5-8-24(27(23)28)21-11-18(10-20(12-21)22-14-30-31(2)15-22)16-34-25-9-4-3-6-19(25)13-26(32)33/h3-12,14-15,17H,13,16,29H2,1-2H3,(H,32,33)/t17-/m1/s1. The van der Waals surface area contributed by atoms with Gasteiger partial charge < -0.3 is 15.6 Å². The van der Waals surface area contributed by atoms with Gasteiger partial charge in [-0.2, -0.15) is 5.10 Å². The summed E-state index contributed by atoms with van der Waals surface area (Å²) in [5.41, 5.74) is 10.7. The van der Waals surface area contributed by atoms with Gasteiger partial charge in [-0.25, -0.2) is 4.39 Å². The highest BCUT2D eigenvalue weighted by atomic mass is 19.1. The van der Waals surface area contributed by atoms with E-state index in [1.54, 1.807) is 60.3 Å². The SMILES string of the molecule is C[C@@H](N)c1cccc(-c2cc(COc3ccccc3CC(=O)O)cc(-c3cnn(C)c3)c2)c1F. The van der Waals surface area contributed by atoms with Crippen LogP contribution in [0.15, 0.2) is 73.1 Å². The predicted molar refractivity (Wildman–Crippen MR) is 129 cm³/mol. The highest BCUT2D eigenvalue weighted by Crippen LogP contribution is 2.32. The van der Waals surface area contributed by atoms with Crippen LogP contribution in [0, 0.1) is 5.82 Å². The molecule has 0 bridgehead atoms. The fourth-order valence-corrected chi connectivity index (χ4v) is 3.91. The lowest BCUT2D eigenvalue weighted by atomic mass is 9.95. The molecule has 1 atom stereocenters. The molecule has 0 aliphatic heterocycles. The highest BCUT2D eigenvalue weighted by molar-refractivity contribution is 5.74. The van der Waals surface area contributed by atoms with Gasteiger partial charge >= 0.3 is 5.97 Å². The van der Waals surface area contributed by atoms with E-state index in [-0.39, 0.29) is 18.8 Å². The zero-order chi connectivity index (χ0) is 24.2. The number of aryl methyl sites for hydroxylation is 1. The average molecular weight is 460 g/mol. The van der Waals surface area contributed by atoms with Crippen LogP contribution in [0.25, 0.3) is 22.3 Å². The van der Waals surface area contributed by atoms with Crippen molar-refractivity contribution in [3.63, 3.8) is 0 Å². The van der Waals surface area contributed by atoms with Crippen molar-refractivity contribution in [3.8, 4) is 28.0 Å². The second-order valence-electron chi connectivity index (χ2n) is 8.29. The fourth-order valence-electron chi connectivity index (χ4n) is 3.91. The molecule has 34 heavy (non-hydrogen) atoms. The number of rotatable bonds is 8. The monoisotopic (exact) mass is 459 g/mol. The minimum atomic E-state index is -0.929. The molecule has 0 spiro atoms. The number of aromatic nitrogens is 2. The molecule has 174 valence electrons. The molecular formula is C27H26FN3O3. The molecule has 0 saturated heterocycles. The summed E-state index contributed by atoms with van der Waals surface area (Å²) in [6.07, 6.45) is 3.51. The van der Waals surface area contributed by atoms with Gasteiger partial charge in [0.1, 0.15) is 18.2 Å². The minimum absolute atomic E-state index is 0.133. The third-order valence-corrected chi connectivity index (χ3v) is 5.57. The van der Waals surface area contributed by atoms with Gasteiger partial charge in [0.15, 0.2) is 0 Å². The summed E-state index contributed by atoms with van der Waals surface area (Å²) in [5.74, 6) is -0.774. The van der Waals surface area contributed by atoms with Crippen LogP contribution in [0.4, 0.5) is 4.39 Å². The average Bonchev–Trinajstić information content (AvgIpc) is 3.24. The maximum atomic E-state index is 15.3. The van der Waals surface area contributed by atoms with E-state index in [4.69, 9.17) is 10.5 Å². The lowest BCUT2D eigenvalue weighted by Gasteiger charge is -2.15. The number of benzene rings is 3. The van der Waals surface area contributed by atoms with E-state index < -0.39 is 12.0 Å². The molecule has 1 heterocycles. The van der Waals surface area contributed by atoms with Crippen molar-refractivity contribution in [2.75, 3.05) is 0 Å². The molecule has 3 aromatic carbocycles. The number of halogens is 1. The van der Waals surface area contributed by atoms with Gasteiger partial charge in [0.2, 0.25) is 0 Å². The molecule has 7 heteroatoms. The Hall–Kier alpha value is -3.97. The van der Waals surface area contributed by atoms with Crippen molar-refractivity contribution in [3.05, 3.63) is 95.6 Å². The lowest BCUT2D eigenvalue weighted by molar-refractivity contribution is -0.136. The second kappa shape index (κ2) is 9.89. The highest BCUT2D eigenvalue weighted by Gasteiger charge is 2.15. The third kappa shape index (κ3) is 5.15. The Bertz CT molecular complexity index is 1330. The Morgan fingerprint density at radius 3 is 2.59 bits per heavy atom. The molecule has 3 N–H and O–H groups in total. The number of hydrogen-bond donors (Lipinski definition) is 2. The van der Waals surface area contributed by atoms with Gasteiger partial charge in [-0.15, -0.1) is 0 Å². The minimum Gasteiger partial charge on any atom is -0.489 e. The number of hydrogen-bond acceptors (Lipinski definition) is 4. The number of aliphatic carboxylic acids is 1. The summed E-state index contributed by atoms with van der Waals surface area (Å²) in [4.78, 5) is 11.2. The van der Waals surface area contributed by atoms with E-state index in [1.807, 2.05) is 31.4 Å². The van der Waals surface area contributed by atoms with Crippen molar-refractivity contribution in [2.45, 2.75) is 26.0 Å². The van der Waals surface area contributed by atoms with Crippen LogP contribution in [0.3, 0.4) is 0 Å². The van der Waals surface area contributed by atoms with Crippen LogP contribution < -0.4 is 10.5 Å². The van der Waals surface area contributed by atoms with E-state index in [1.165, 1.54) is 0 Å². The van der Waals surface area contributed by atoms with E-state index in [0.717, 1.165) is 16.7 Å². The number of para-hydroxylation sites is 1. The van der Waals surface area contributed by atoms with Crippen molar-refractivity contribution >= 4 is 5.97 Å². The third-order valence-electron chi connectivity index (χ3n) is 5.57. The molecule has 0 aliphatic carbocycles. The molecule has 0 fully saturated rings. The normalized spacial score (nSPS) is 11.9. The molecule has 4 rings (SSSR count). The number of carboxylic acids is 1. The largest absolute Gasteiger partial charge is 0.489 e. The molecule has 4 aromatic rings. The van der Waals surface area contributed by atoms with Gasteiger partial charge in [0.05, 0.1) is 12.6 Å². The van der Waals surface area contributed by atoms with Crippen LogP contribution in [-0.4, -0.2) is 20.9 Å². The second-order valence-corrected chi connectivity index (χ2v) is 8.29. The van der Waals surface area contributed by atoms with Gasteiger partial charge in [-0.3, -0.25) is 9.48 Å². The Morgan fingerprint density at radius 1 is 1.12 bits per heavy atom. The quantitative estimate of drug-likeness (QED) is 0.382. The van der Waals surface area contributed by atoms with Crippen LogP contribution in [0.5, 0.6) is 5.75 Å². The molecule has 0 amide bonds. The van der Waals surface area contributed by atoms with Crippen molar-refractivity contribution in [2.24, 2.45) is 12.8 Å². The molecule has 6 nitrogen and oxygen atoms in total. The molecule has 0 saturated carbocycles. The van der Waals surface area contributed by atoms with Crippen LogP contribution in [0.2, 0.25) is 0 Å². The number of nitrogens with zero attached hydrogens (tertiary/aromatic N) is 2. The Labute approximate surface area is 197 Å². The predicted octanol–water partition coefficient (Wildman–Crippen LogP) is 5.12. The Kier molecular flexibility index (Phi) is 6.75. The number of ether oxygens (including phenoxy) is 1. The molecular weight excluding hydrogens is 433 g/mol. The number of nitrogens with two attached hydrogens (primary N) is 1. The summed E-state index contributed by atoms with van der Waals surface area (Å²) < 4.78 is 23.0. The summed E-state index contributed by atoms with van der Waals surface area (Å²) in [6.45, 7) is 1.94. The molecule has 0 radical (unpaired) electrons. The van der Waals surface area contributed by atoms with Gasteiger partial charge in [-0.1, -0.05) is 36.4 Å². The summed E-state index contributed by atoms with van der Waals surface area (Å²) in [5, 5.41) is 13.4. The first kappa shape index (κ1) is 23.2. The van der Waals surface area contributed by atoms with Crippen molar-refractivity contribution in [1.29, 1.82) is 0 Å². The molecule has 0 unspecified atom stereocenters. The van der Waals surface area contributed by atoms with E-state index in [9.17, 15) is 9.90 Å². The lowest BCUT2D eigenvalue weighted by Crippen LogP contribution is -2.08. The van der Waals surface area contributed by atoms with E-state index >= 15 is 4.39 Å². The topological polar surface area (TPSA) is 90.4 Å². The summed E-state index contributed by atoms with van der Waals surface area (Å²) in [6, 6.07) is 17.6. The Morgan fingerprint density at radius 2 is 1.88 bits per heavy atom. The number of carboxylic acid groups (broad SMARTS) is 1. The molecule has 0 aliphatic rings. The number of carbonyl (C=O) groups is 1. The summed E-state index contributed by atoms with van der Waals surface area (Å²) in [7, 11) is 1.84.